The van der Waals surface area contributed by atoms with Crippen LogP contribution in [0.3, 0.4) is 0 Å². The van der Waals surface area contributed by atoms with Crippen molar-refractivity contribution in [1.82, 2.24) is 9.83 Å². The minimum absolute atomic E-state index is 0.143. The maximum absolute atomic E-state index is 13.3. The summed E-state index contributed by atoms with van der Waals surface area (Å²) in [5.74, 6) is -1.35. The second-order valence-corrected chi connectivity index (χ2v) is 12.4. The quantitative estimate of drug-likeness (QED) is 0.326. The van der Waals surface area contributed by atoms with E-state index in [1.807, 2.05) is 43.3 Å². The van der Waals surface area contributed by atoms with Gasteiger partial charge < -0.3 is 9.30 Å². The number of benzene rings is 1. The number of hydrogen-bond donors (Lipinski definition) is 1. The summed E-state index contributed by atoms with van der Waals surface area (Å²) in [6.45, 7) is 3.38. The standard InChI is InChI=1S/C24H30N4O5S2/c1-5-15-34(30,31)22-20-9-7-8-14-28(20)21(23(22)35(32,33)16-6-2)24(29)26-25-17-18-10-12-19(13-11-18)27(3)4/h7-14,17H,5-6,15-16H2,1-4H3,(H,26,29)/b25-17-. The summed E-state index contributed by atoms with van der Waals surface area (Å²) >= 11 is 0. The summed E-state index contributed by atoms with van der Waals surface area (Å²) < 4.78 is 54.2. The van der Waals surface area contributed by atoms with Gasteiger partial charge in [0.25, 0.3) is 5.91 Å². The molecule has 188 valence electrons. The third-order valence-electron chi connectivity index (χ3n) is 5.33. The van der Waals surface area contributed by atoms with Crippen LogP contribution in [0.25, 0.3) is 5.52 Å². The summed E-state index contributed by atoms with van der Waals surface area (Å²) in [6.07, 6.45) is 3.48. The number of nitrogens with one attached hydrogen (secondary N) is 1. The van der Waals surface area contributed by atoms with E-state index >= 15 is 0 Å². The van der Waals surface area contributed by atoms with E-state index in [9.17, 15) is 21.6 Å². The van der Waals surface area contributed by atoms with Gasteiger partial charge in [-0.3, -0.25) is 4.79 Å². The Kier molecular flexibility index (Phi) is 8.01. The molecule has 1 aromatic carbocycles. The van der Waals surface area contributed by atoms with Crippen molar-refractivity contribution in [1.29, 1.82) is 0 Å². The lowest BCUT2D eigenvalue weighted by Crippen LogP contribution is -2.23. The largest absolute Gasteiger partial charge is 0.378 e. The number of sulfone groups is 2. The molecule has 0 saturated heterocycles. The van der Waals surface area contributed by atoms with Crippen molar-refractivity contribution in [2.75, 3.05) is 30.5 Å². The number of aromatic nitrogens is 1. The van der Waals surface area contributed by atoms with E-state index in [0.717, 1.165) is 11.3 Å². The number of hydrogen-bond acceptors (Lipinski definition) is 7. The first-order valence-corrected chi connectivity index (χ1v) is 14.5. The van der Waals surface area contributed by atoms with E-state index in [-0.39, 0.29) is 34.0 Å². The van der Waals surface area contributed by atoms with Crippen LogP contribution in [0.1, 0.15) is 42.7 Å². The van der Waals surface area contributed by atoms with Crippen LogP contribution in [0.2, 0.25) is 0 Å². The van der Waals surface area contributed by atoms with Gasteiger partial charge in [0.1, 0.15) is 15.5 Å². The third kappa shape index (κ3) is 5.57. The van der Waals surface area contributed by atoms with Crippen molar-refractivity contribution in [3.63, 3.8) is 0 Å². The number of anilines is 1. The molecule has 0 aliphatic heterocycles. The van der Waals surface area contributed by atoms with E-state index in [4.69, 9.17) is 0 Å². The molecule has 1 amide bonds. The molecule has 0 aliphatic carbocycles. The maximum Gasteiger partial charge on any atom is 0.289 e. The molecule has 0 fully saturated rings. The van der Waals surface area contributed by atoms with Crippen molar-refractivity contribution < 1.29 is 21.6 Å². The molecule has 2 aromatic heterocycles. The van der Waals surface area contributed by atoms with Gasteiger partial charge in [-0.1, -0.05) is 32.0 Å². The first kappa shape index (κ1) is 26.4. The first-order valence-electron chi connectivity index (χ1n) is 11.2. The Balaban J connectivity index is 2.12. The molecule has 3 rings (SSSR count). The number of carbonyl (C=O) groups is 1. The van der Waals surface area contributed by atoms with Crippen molar-refractivity contribution in [3.05, 3.63) is 59.9 Å². The van der Waals surface area contributed by atoms with Crippen LogP contribution in [0.4, 0.5) is 5.69 Å². The highest BCUT2D eigenvalue weighted by atomic mass is 32.2. The van der Waals surface area contributed by atoms with Crippen LogP contribution in [-0.2, 0) is 19.7 Å². The van der Waals surface area contributed by atoms with E-state index < -0.39 is 30.5 Å². The molecule has 0 aliphatic rings. The molecule has 35 heavy (non-hydrogen) atoms. The maximum atomic E-state index is 13.3. The lowest BCUT2D eigenvalue weighted by Gasteiger charge is -2.11. The Morgan fingerprint density at radius 3 is 2.11 bits per heavy atom. The Bertz CT molecular complexity index is 1460. The number of carbonyl (C=O) groups excluding carboxylic acids is 1. The lowest BCUT2D eigenvalue weighted by molar-refractivity contribution is 0.0945. The van der Waals surface area contributed by atoms with Crippen molar-refractivity contribution in [2.24, 2.45) is 5.10 Å². The zero-order valence-corrected chi connectivity index (χ0v) is 21.9. The summed E-state index contributed by atoms with van der Waals surface area (Å²) in [5, 5.41) is 3.98. The molecule has 0 saturated carbocycles. The average molecular weight is 519 g/mol. The molecule has 3 aromatic rings. The number of amides is 1. The zero-order chi connectivity index (χ0) is 25.8. The second kappa shape index (κ2) is 10.6. The molecule has 2 heterocycles. The Labute approximate surface area is 206 Å². The van der Waals surface area contributed by atoms with Gasteiger partial charge in [-0.2, -0.15) is 5.10 Å². The highest BCUT2D eigenvalue weighted by molar-refractivity contribution is 7.94. The van der Waals surface area contributed by atoms with Crippen LogP contribution in [0, 0.1) is 0 Å². The molecule has 0 bridgehead atoms. The summed E-state index contributed by atoms with van der Waals surface area (Å²) in [5.41, 5.74) is 3.96. The molecular formula is C24H30N4O5S2. The predicted molar refractivity (Wildman–Crippen MR) is 138 cm³/mol. The van der Waals surface area contributed by atoms with Crippen LogP contribution >= 0.6 is 0 Å². The van der Waals surface area contributed by atoms with E-state index in [2.05, 4.69) is 10.5 Å². The molecule has 9 nitrogen and oxygen atoms in total. The molecule has 0 unspecified atom stereocenters. The summed E-state index contributed by atoms with van der Waals surface area (Å²) in [6, 6.07) is 12.1. The van der Waals surface area contributed by atoms with Gasteiger partial charge in [0, 0.05) is 26.0 Å². The monoisotopic (exact) mass is 518 g/mol. The van der Waals surface area contributed by atoms with Crippen molar-refractivity contribution in [3.8, 4) is 0 Å². The van der Waals surface area contributed by atoms with Gasteiger partial charge in [-0.25, -0.2) is 22.3 Å². The Morgan fingerprint density at radius 1 is 0.943 bits per heavy atom. The number of hydrazone groups is 1. The first-order chi connectivity index (χ1) is 16.5. The topological polar surface area (TPSA) is 117 Å². The highest BCUT2D eigenvalue weighted by Gasteiger charge is 2.36. The Morgan fingerprint density at radius 2 is 1.54 bits per heavy atom. The van der Waals surface area contributed by atoms with Crippen LogP contribution in [-0.4, -0.2) is 59.0 Å². The van der Waals surface area contributed by atoms with Gasteiger partial charge in [0.15, 0.2) is 19.7 Å². The summed E-state index contributed by atoms with van der Waals surface area (Å²) in [7, 11) is -4.22. The van der Waals surface area contributed by atoms with Gasteiger partial charge in [0.2, 0.25) is 0 Å². The molecule has 1 N–H and O–H groups in total. The van der Waals surface area contributed by atoms with Gasteiger partial charge in [0.05, 0.1) is 23.2 Å². The van der Waals surface area contributed by atoms with Gasteiger partial charge in [-0.15, -0.1) is 0 Å². The van der Waals surface area contributed by atoms with Crippen LogP contribution in [0.5, 0.6) is 0 Å². The minimum atomic E-state index is -4.09. The van der Waals surface area contributed by atoms with E-state index in [1.165, 1.54) is 22.9 Å². The molecule has 0 spiro atoms. The summed E-state index contributed by atoms with van der Waals surface area (Å²) in [4.78, 5) is 14.4. The smallest absolute Gasteiger partial charge is 0.289 e. The van der Waals surface area contributed by atoms with E-state index in [0.29, 0.717) is 6.42 Å². The van der Waals surface area contributed by atoms with Crippen molar-refractivity contribution in [2.45, 2.75) is 36.5 Å². The molecular weight excluding hydrogens is 488 g/mol. The van der Waals surface area contributed by atoms with Crippen LogP contribution in [0.15, 0.2) is 63.6 Å². The average Bonchev–Trinajstić information content (AvgIpc) is 3.16. The normalized spacial score (nSPS) is 12.3. The highest BCUT2D eigenvalue weighted by Crippen LogP contribution is 2.34. The van der Waals surface area contributed by atoms with E-state index in [1.54, 1.807) is 26.0 Å². The van der Waals surface area contributed by atoms with Crippen LogP contribution < -0.4 is 10.3 Å². The second-order valence-electron chi connectivity index (χ2n) is 8.29. The lowest BCUT2D eigenvalue weighted by atomic mass is 10.2. The SMILES string of the molecule is CCCS(=O)(=O)c1c(S(=O)(=O)CCC)c2ccccn2c1C(=O)N/N=C\c1ccc(N(C)C)cc1. The number of nitrogens with zero attached hydrogens (tertiary/aromatic N) is 3. The minimum Gasteiger partial charge on any atom is -0.378 e. The predicted octanol–water partition coefficient (Wildman–Crippen LogP) is 3.14. The fraction of sp³-hybridized carbons (Fsp3) is 0.333. The number of pyridine rings is 1. The molecule has 0 radical (unpaired) electrons. The van der Waals surface area contributed by atoms with Crippen molar-refractivity contribution >= 4 is 43.0 Å². The molecule has 0 atom stereocenters. The van der Waals surface area contributed by atoms with Gasteiger partial charge >= 0.3 is 0 Å². The fourth-order valence-electron chi connectivity index (χ4n) is 3.78. The van der Waals surface area contributed by atoms with Gasteiger partial charge in [-0.05, 0) is 42.7 Å². The third-order valence-corrected chi connectivity index (χ3v) is 9.40. The number of fused-ring (bicyclic) bond motifs is 1. The molecule has 11 heteroatoms. The Hall–Kier alpha value is -3.18. The number of rotatable bonds is 10. The zero-order valence-electron chi connectivity index (χ0n) is 20.2. The fourth-order valence-corrected chi connectivity index (χ4v) is 7.76.